The molecule has 0 fully saturated rings. The maximum absolute atomic E-state index is 12.6. The zero-order chi connectivity index (χ0) is 17.2. The van der Waals surface area contributed by atoms with Gasteiger partial charge in [0.2, 0.25) is 0 Å². The number of nitrogens with zero attached hydrogens (tertiary/aromatic N) is 5. The SMILES string of the molecule is FC(F)c1ccnc(OCc2cn(-c3ccc4c(c3)CCC4)nn2)n1. The third-order valence-corrected chi connectivity index (χ3v) is 4.12. The fourth-order valence-electron chi connectivity index (χ4n) is 2.88. The number of hydrogen-bond acceptors (Lipinski definition) is 5. The van der Waals surface area contributed by atoms with E-state index in [-0.39, 0.29) is 18.3 Å². The van der Waals surface area contributed by atoms with Crippen LogP contribution in [0.4, 0.5) is 8.78 Å². The van der Waals surface area contributed by atoms with E-state index in [4.69, 9.17) is 4.74 Å². The monoisotopic (exact) mass is 343 g/mol. The van der Waals surface area contributed by atoms with Gasteiger partial charge in [-0.2, -0.15) is 4.98 Å². The van der Waals surface area contributed by atoms with Crippen LogP contribution in [-0.2, 0) is 19.4 Å². The third-order valence-electron chi connectivity index (χ3n) is 4.12. The predicted molar refractivity (Wildman–Crippen MR) is 84.7 cm³/mol. The Balaban J connectivity index is 1.46. The van der Waals surface area contributed by atoms with Crippen LogP contribution in [0.2, 0.25) is 0 Å². The Kier molecular flexibility index (Phi) is 4.09. The summed E-state index contributed by atoms with van der Waals surface area (Å²) < 4.78 is 32.3. The fraction of sp³-hybridized carbons (Fsp3) is 0.294. The molecule has 0 unspecified atom stereocenters. The van der Waals surface area contributed by atoms with Crippen LogP contribution in [0.5, 0.6) is 6.01 Å². The Hall–Kier alpha value is -2.90. The first-order valence-electron chi connectivity index (χ1n) is 7.96. The number of rotatable bonds is 5. The smallest absolute Gasteiger partial charge is 0.317 e. The number of fused-ring (bicyclic) bond motifs is 1. The van der Waals surface area contributed by atoms with Crippen molar-refractivity contribution < 1.29 is 13.5 Å². The van der Waals surface area contributed by atoms with E-state index in [9.17, 15) is 8.78 Å². The van der Waals surface area contributed by atoms with Gasteiger partial charge in [0.15, 0.2) is 0 Å². The number of alkyl halides is 2. The summed E-state index contributed by atoms with van der Waals surface area (Å²) in [5, 5.41) is 8.14. The maximum atomic E-state index is 12.6. The van der Waals surface area contributed by atoms with E-state index >= 15 is 0 Å². The van der Waals surface area contributed by atoms with Gasteiger partial charge in [-0.1, -0.05) is 11.3 Å². The summed E-state index contributed by atoms with van der Waals surface area (Å²) in [6.45, 7) is 0.0532. The summed E-state index contributed by atoms with van der Waals surface area (Å²) in [7, 11) is 0. The Labute approximate surface area is 142 Å². The maximum Gasteiger partial charge on any atom is 0.317 e. The van der Waals surface area contributed by atoms with Crippen molar-refractivity contribution in [3.63, 3.8) is 0 Å². The van der Waals surface area contributed by atoms with Gasteiger partial charge in [0, 0.05) is 6.20 Å². The Morgan fingerprint density at radius 3 is 2.92 bits per heavy atom. The first-order valence-corrected chi connectivity index (χ1v) is 7.96. The second-order valence-corrected chi connectivity index (χ2v) is 5.81. The van der Waals surface area contributed by atoms with Crippen molar-refractivity contribution in [3.8, 4) is 11.7 Å². The molecule has 4 rings (SSSR count). The molecular weight excluding hydrogens is 328 g/mol. The van der Waals surface area contributed by atoms with Crippen LogP contribution in [0.25, 0.3) is 5.69 Å². The van der Waals surface area contributed by atoms with Gasteiger partial charge in [-0.25, -0.2) is 18.4 Å². The predicted octanol–water partition coefficient (Wildman–Crippen LogP) is 3.06. The number of ether oxygens (including phenoxy) is 1. The topological polar surface area (TPSA) is 65.7 Å². The lowest BCUT2D eigenvalue weighted by Gasteiger charge is -2.04. The second kappa shape index (κ2) is 6.54. The molecule has 6 nitrogen and oxygen atoms in total. The van der Waals surface area contributed by atoms with Crippen molar-refractivity contribution in [2.24, 2.45) is 0 Å². The summed E-state index contributed by atoms with van der Waals surface area (Å²) in [4.78, 5) is 7.47. The number of aromatic nitrogens is 5. The molecule has 1 aliphatic carbocycles. The van der Waals surface area contributed by atoms with Gasteiger partial charge in [-0.3, -0.25) is 0 Å². The lowest BCUT2D eigenvalue weighted by Crippen LogP contribution is -2.02. The first-order chi connectivity index (χ1) is 12.2. The van der Waals surface area contributed by atoms with Crippen LogP contribution in [0, 0.1) is 0 Å². The largest absolute Gasteiger partial charge is 0.457 e. The van der Waals surface area contributed by atoms with Crippen molar-refractivity contribution in [2.45, 2.75) is 32.3 Å². The minimum absolute atomic E-state index is 0.0532. The lowest BCUT2D eigenvalue weighted by molar-refractivity contribution is 0.143. The summed E-state index contributed by atoms with van der Waals surface area (Å²) in [6, 6.07) is 7.31. The van der Waals surface area contributed by atoms with Gasteiger partial charge in [-0.05, 0) is 48.6 Å². The minimum atomic E-state index is -2.66. The Morgan fingerprint density at radius 2 is 2.04 bits per heavy atom. The van der Waals surface area contributed by atoms with Gasteiger partial charge in [0.25, 0.3) is 6.43 Å². The highest BCUT2D eigenvalue weighted by Gasteiger charge is 2.13. The molecule has 0 N–H and O–H groups in total. The van der Waals surface area contributed by atoms with Gasteiger partial charge in [-0.15, -0.1) is 5.10 Å². The van der Waals surface area contributed by atoms with E-state index in [1.54, 1.807) is 10.9 Å². The van der Waals surface area contributed by atoms with Gasteiger partial charge in [0.1, 0.15) is 18.0 Å². The summed E-state index contributed by atoms with van der Waals surface area (Å²) in [6.07, 6.45) is 3.73. The standard InChI is InChI=1S/C17H15F2N5O/c18-16(19)15-6-7-20-17(21-15)25-10-13-9-24(23-22-13)14-5-4-11-2-1-3-12(11)8-14/h4-9,16H,1-3,10H2. The molecule has 0 atom stereocenters. The van der Waals surface area contributed by atoms with Crippen molar-refractivity contribution in [1.29, 1.82) is 0 Å². The molecule has 25 heavy (non-hydrogen) atoms. The quantitative estimate of drug-likeness (QED) is 0.712. The van der Waals surface area contributed by atoms with Gasteiger partial charge >= 0.3 is 6.01 Å². The highest BCUT2D eigenvalue weighted by Crippen LogP contribution is 2.24. The number of halogens is 2. The molecule has 0 spiro atoms. The molecule has 2 heterocycles. The molecule has 3 aromatic rings. The van der Waals surface area contributed by atoms with Crippen LogP contribution >= 0.6 is 0 Å². The van der Waals surface area contributed by atoms with Crippen LogP contribution in [0.1, 0.15) is 35.4 Å². The molecule has 1 aliphatic rings. The van der Waals surface area contributed by atoms with Gasteiger partial charge < -0.3 is 4.74 Å². The Morgan fingerprint density at radius 1 is 1.16 bits per heavy atom. The zero-order valence-corrected chi connectivity index (χ0v) is 13.3. The van der Waals surface area contributed by atoms with E-state index in [0.717, 1.165) is 24.6 Å². The molecule has 2 aromatic heterocycles. The normalized spacial score (nSPS) is 13.2. The zero-order valence-electron chi connectivity index (χ0n) is 13.3. The molecule has 0 amide bonds. The molecule has 0 radical (unpaired) electrons. The molecular formula is C17H15F2N5O. The summed E-state index contributed by atoms with van der Waals surface area (Å²) in [5.74, 6) is 0. The van der Waals surface area contributed by atoms with E-state index in [1.165, 1.54) is 23.7 Å². The van der Waals surface area contributed by atoms with Crippen molar-refractivity contribution in [2.75, 3.05) is 0 Å². The van der Waals surface area contributed by atoms with Crippen molar-refractivity contribution >= 4 is 0 Å². The molecule has 0 saturated heterocycles. The average molecular weight is 343 g/mol. The molecule has 0 saturated carbocycles. The summed E-state index contributed by atoms with van der Waals surface area (Å²) in [5.41, 5.74) is 3.88. The number of hydrogen-bond donors (Lipinski definition) is 0. The second-order valence-electron chi connectivity index (χ2n) is 5.81. The van der Waals surface area contributed by atoms with Crippen molar-refractivity contribution in [1.82, 2.24) is 25.0 Å². The lowest BCUT2D eigenvalue weighted by atomic mass is 10.1. The van der Waals surface area contributed by atoms with Crippen LogP contribution in [-0.4, -0.2) is 25.0 Å². The van der Waals surface area contributed by atoms with E-state index < -0.39 is 6.43 Å². The van der Waals surface area contributed by atoms with E-state index in [0.29, 0.717) is 5.69 Å². The minimum Gasteiger partial charge on any atom is -0.457 e. The Bertz CT molecular complexity index is 896. The molecule has 1 aromatic carbocycles. The highest BCUT2D eigenvalue weighted by molar-refractivity contribution is 5.42. The molecule has 0 aliphatic heterocycles. The van der Waals surface area contributed by atoms with E-state index in [1.807, 2.05) is 6.07 Å². The van der Waals surface area contributed by atoms with Gasteiger partial charge in [0.05, 0.1) is 11.9 Å². The number of aryl methyl sites for hydroxylation is 2. The first kappa shape index (κ1) is 15.6. The number of benzene rings is 1. The van der Waals surface area contributed by atoms with Crippen molar-refractivity contribution in [3.05, 3.63) is 59.2 Å². The van der Waals surface area contributed by atoms with Crippen LogP contribution in [0.15, 0.2) is 36.7 Å². The van der Waals surface area contributed by atoms with Crippen LogP contribution < -0.4 is 4.74 Å². The fourth-order valence-corrected chi connectivity index (χ4v) is 2.88. The highest BCUT2D eigenvalue weighted by atomic mass is 19.3. The average Bonchev–Trinajstić information content (AvgIpc) is 3.28. The molecule has 0 bridgehead atoms. The molecule has 128 valence electrons. The third kappa shape index (κ3) is 3.33. The van der Waals surface area contributed by atoms with Crippen LogP contribution in [0.3, 0.4) is 0 Å². The molecule has 8 heteroatoms. The summed E-state index contributed by atoms with van der Waals surface area (Å²) >= 11 is 0. The van der Waals surface area contributed by atoms with E-state index in [2.05, 4.69) is 32.4 Å².